The van der Waals surface area contributed by atoms with Gasteiger partial charge in [0.1, 0.15) is 0 Å². The standard InChI is InChI=1S/C20H19N3O3S/c1-27(25,26)23(19-7-3-2-4-8-19)15-16-9-11-17(12-10-16)20(24)22-18-6-5-13-21-14-18/h2-14H,15H2,1H3,(H,22,24). The first-order valence-electron chi connectivity index (χ1n) is 8.26. The Kier molecular flexibility index (Phi) is 5.52. The van der Waals surface area contributed by atoms with E-state index in [0.717, 1.165) is 5.56 Å². The van der Waals surface area contributed by atoms with E-state index in [0.29, 0.717) is 16.9 Å². The van der Waals surface area contributed by atoms with Crippen LogP contribution in [0.25, 0.3) is 0 Å². The third-order valence-corrected chi connectivity index (χ3v) is 5.05. The zero-order valence-corrected chi connectivity index (χ0v) is 15.6. The number of pyridine rings is 1. The summed E-state index contributed by atoms with van der Waals surface area (Å²) in [7, 11) is -3.44. The molecule has 27 heavy (non-hydrogen) atoms. The summed E-state index contributed by atoms with van der Waals surface area (Å²) in [5.74, 6) is -0.252. The monoisotopic (exact) mass is 381 g/mol. The molecule has 0 aliphatic carbocycles. The van der Waals surface area contributed by atoms with Gasteiger partial charge >= 0.3 is 0 Å². The van der Waals surface area contributed by atoms with E-state index in [9.17, 15) is 13.2 Å². The molecule has 1 N–H and O–H groups in total. The number of carbonyl (C=O) groups excluding carboxylic acids is 1. The molecule has 0 aliphatic heterocycles. The summed E-state index contributed by atoms with van der Waals surface area (Å²) in [4.78, 5) is 16.2. The number of anilines is 2. The van der Waals surface area contributed by atoms with Crippen LogP contribution in [0.4, 0.5) is 11.4 Å². The highest BCUT2D eigenvalue weighted by atomic mass is 32.2. The third-order valence-electron chi connectivity index (χ3n) is 3.91. The second-order valence-electron chi connectivity index (χ2n) is 6.00. The summed E-state index contributed by atoms with van der Waals surface area (Å²) in [6.07, 6.45) is 4.37. The minimum Gasteiger partial charge on any atom is -0.321 e. The van der Waals surface area contributed by atoms with Gasteiger partial charge in [-0.3, -0.25) is 14.1 Å². The Hall–Kier alpha value is -3.19. The Morgan fingerprint density at radius 1 is 1.00 bits per heavy atom. The predicted molar refractivity (Wildman–Crippen MR) is 106 cm³/mol. The summed E-state index contributed by atoms with van der Waals surface area (Å²) in [5, 5.41) is 2.76. The van der Waals surface area contributed by atoms with E-state index in [2.05, 4.69) is 10.3 Å². The number of rotatable bonds is 6. The predicted octanol–water partition coefficient (Wildman–Crippen LogP) is 3.30. The molecular formula is C20H19N3O3S. The summed E-state index contributed by atoms with van der Waals surface area (Å²) in [6.45, 7) is 0.188. The average molecular weight is 381 g/mol. The van der Waals surface area contributed by atoms with E-state index < -0.39 is 10.0 Å². The van der Waals surface area contributed by atoms with Crippen LogP contribution in [0.1, 0.15) is 15.9 Å². The van der Waals surface area contributed by atoms with Crippen molar-refractivity contribution in [1.82, 2.24) is 4.98 Å². The van der Waals surface area contributed by atoms with E-state index in [1.165, 1.54) is 10.6 Å². The van der Waals surface area contributed by atoms with Crippen molar-refractivity contribution < 1.29 is 13.2 Å². The molecule has 0 spiro atoms. The van der Waals surface area contributed by atoms with Crippen LogP contribution in [0.5, 0.6) is 0 Å². The molecule has 0 radical (unpaired) electrons. The molecule has 1 aromatic heterocycles. The molecule has 7 heteroatoms. The lowest BCUT2D eigenvalue weighted by atomic mass is 10.1. The molecule has 1 amide bonds. The van der Waals surface area contributed by atoms with Crippen LogP contribution in [-0.2, 0) is 16.6 Å². The summed E-state index contributed by atoms with van der Waals surface area (Å²) in [6, 6.07) is 19.2. The molecular weight excluding hydrogens is 362 g/mol. The molecule has 0 bridgehead atoms. The van der Waals surface area contributed by atoms with Gasteiger partial charge in [-0.15, -0.1) is 0 Å². The Morgan fingerprint density at radius 2 is 1.70 bits per heavy atom. The number of hydrogen-bond donors (Lipinski definition) is 1. The normalized spacial score (nSPS) is 11.0. The summed E-state index contributed by atoms with van der Waals surface area (Å²) in [5.41, 5.74) is 2.47. The van der Waals surface area contributed by atoms with E-state index >= 15 is 0 Å². The second kappa shape index (κ2) is 8.01. The largest absolute Gasteiger partial charge is 0.321 e. The number of benzene rings is 2. The molecule has 0 atom stereocenters. The molecule has 1 heterocycles. The van der Waals surface area contributed by atoms with Crippen molar-refractivity contribution in [2.24, 2.45) is 0 Å². The number of hydrogen-bond acceptors (Lipinski definition) is 4. The minimum atomic E-state index is -3.44. The molecule has 138 valence electrons. The highest BCUT2D eigenvalue weighted by Crippen LogP contribution is 2.20. The van der Waals surface area contributed by atoms with Crippen molar-refractivity contribution in [2.75, 3.05) is 15.9 Å². The fraction of sp³-hybridized carbons (Fsp3) is 0.100. The average Bonchev–Trinajstić information content (AvgIpc) is 2.67. The molecule has 0 aliphatic rings. The summed E-state index contributed by atoms with van der Waals surface area (Å²) >= 11 is 0. The summed E-state index contributed by atoms with van der Waals surface area (Å²) < 4.78 is 25.7. The van der Waals surface area contributed by atoms with Crippen molar-refractivity contribution in [2.45, 2.75) is 6.54 Å². The van der Waals surface area contributed by atoms with Crippen LogP contribution in [0.15, 0.2) is 79.1 Å². The molecule has 0 saturated carbocycles. The Balaban J connectivity index is 1.75. The number of nitrogens with one attached hydrogen (secondary N) is 1. The van der Waals surface area contributed by atoms with Crippen molar-refractivity contribution in [3.05, 3.63) is 90.3 Å². The SMILES string of the molecule is CS(=O)(=O)N(Cc1ccc(C(=O)Nc2cccnc2)cc1)c1ccccc1. The highest BCUT2D eigenvalue weighted by Gasteiger charge is 2.17. The maximum atomic E-state index is 12.3. The second-order valence-corrected chi connectivity index (χ2v) is 7.90. The zero-order valence-electron chi connectivity index (χ0n) is 14.7. The van der Waals surface area contributed by atoms with Crippen LogP contribution in [0, 0.1) is 0 Å². The lowest BCUT2D eigenvalue weighted by Crippen LogP contribution is -2.29. The van der Waals surface area contributed by atoms with Gasteiger partial charge in [-0.05, 0) is 42.0 Å². The van der Waals surface area contributed by atoms with Gasteiger partial charge in [0.2, 0.25) is 10.0 Å². The number of carbonyl (C=O) groups is 1. The van der Waals surface area contributed by atoms with Gasteiger partial charge in [0, 0.05) is 11.8 Å². The van der Waals surface area contributed by atoms with E-state index in [4.69, 9.17) is 0 Å². The van der Waals surface area contributed by atoms with Gasteiger partial charge in [-0.25, -0.2) is 8.42 Å². The first-order chi connectivity index (χ1) is 12.9. The van der Waals surface area contributed by atoms with Crippen molar-refractivity contribution in [3.8, 4) is 0 Å². The number of para-hydroxylation sites is 1. The lowest BCUT2D eigenvalue weighted by Gasteiger charge is -2.22. The molecule has 3 rings (SSSR count). The van der Waals surface area contributed by atoms with Crippen molar-refractivity contribution in [3.63, 3.8) is 0 Å². The van der Waals surface area contributed by atoms with Gasteiger partial charge in [0.05, 0.1) is 30.4 Å². The highest BCUT2D eigenvalue weighted by molar-refractivity contribution is 7.92. The Morgan fingerprint density at radius 3 is 2.30 bits per heavy atom. The van der Waals surface area contributed by atoms with Crippen LogP contribution in [0.2, 0.25) is 0 Å². The first-order valence-corrected chi connectivity index (χ1v) is 10.1. The van der Waals surface area contributed by atoms with Gasteiger partial charge in [0.15, 0.2) is 0 Å². The van der Waals surface area contributed by atoms with E-state index in [1.54, 1.807) is 73.1 Å². The maximum Gasteiger partial charge on any atom is 0.255 e. The number of sulfonamides is 1. The van der Waals surface area contributed by atoms with Crippen molar-refractivity contribution in [1.29, 1.82) is 0 Å². The number of amides is 1. The quantitative estimate of drug-likeness (QED) is 0.710. The van der Waals surface area contributed by atoms with E-state index in [1.807, 2.05) is 6.07 Å². The fourth-order valence-corrected chi connectivity index (χ4v) is 3.45. The fourth-order valence-electron chi connectivity index (χ4n) is 2.56. The first kappa shape index (κ1) is 18.6. The third kappa shape index (κ3) is 4.92. The smallest absolute Gasteiger partial charge is 0.255 e. The number of nitrogens with zero attached hydrogens (tertiary/aromatic N) is 2. The lowest BCUT2D eigenvalue weighted by molar-refractivity contribution is 0.102. The molecule has 0 unspecified atom stereocenters. The molecule has 6 nitrogen and oxygen atoms in total. The molecule has 2 aromatic carbocycles. The van der Waals surface area contributed by atoms with Crippen LogP contribution in [0.3, 0.4) is 0 Å². The van der Waals surface area contributed by atoms with Crippen LogP contribution >= 0.6 is 0 Å². The van der Waals surface area contributed by atoms with Crippen molar-refractivity contribution >= 4 is 27.3 Å². The van der Waals surface area contributed by atoms with E-state index in [-0.39, 0.29) is 12.5 Å². The number of aromatic nitrogens is 1. The van der Waals surface area contributed by atoms with Gasteiger partial charge < -0.3 is 5.32 Å². The Labute approximate surface area is 158 Å². The van der Waals surface area contributed by atoms with Gasteiger partial charge in [-0.2, -0.15) is 0 Å². The molecule has 0 saturated heterocycles. The zero-order chi connectivity index (χ0) is 19.3. The topological polar surface area (TPSA) is 79.4 Å². The molecule has 3 aromatic rings. The molecule has 0 fully saturated rings. The minimum absolute atomic E-state index is 0.188. The maximum absolute atomic E-state index is 12.3. The van der Waals surface area contributed by atoms with Gasteiger partial charge in [0.25, 0.3) is 5.91 Å². The Bertz CT molecular complexity index is 1010. The van der Waals surface area contributed by atoms with Crippen LogP contribution in [-0.4, -0.2) is 25.6 Å². The van der Waals surface area contributed by atoms with Gasteiger partial charge in [-0.1, -0.05) is 30.3 Å². The van der Waals surface area contributed by atoms with Crippen LogP contribution < -0.4 is 9.62 Å².